The fraction of sp³-hybridized carbons (Fsp3) is 0.0370. The van der Waals surface area contributed by atoms with E-state index in [4.69, 9.17) is 4.74 Å². The maximum Gasteiger partial charge on any atom is 0.269 e. The van der Waals surface area contributed by atoms with Crippen molar-refractivity contribution in [1.82, 2.24) is 4.57 Å². The first-order valence-corrected chi connectivity index (χ1v) is 10.2. The zero-order chi connectivity index (χ0) is 22.1. The molecule has 5 heteroatoms. The summed E-state index contributed by atoms with van der Waals surface area (Å²) in [5.74, 6) is 0.782. The quantitative estimate of drug-likeness (QED) is 0.230. The van der Waals surface area contributed by atoms with Crippen LogP contribution in [0.2, 0.25) is 0 Å². The number of hydrogen-bond acceptors (Lipinski definition) is 3. The summed E-state index contributed by atoms with van der Waals surface area (Å²) in [6, 6.07) is 33.4. The van der Waals surface area contributed by atoms with Crippen molar-refractivity contribution >= 4 is 16.5 Å². The fourth-order valence-electron chi connectivity index (χ4n) is 4.00. The number of aromatic nitrogens is 1. The number of hydrogen-bond donors (Lipinski definition) is 0. The summed E-state index contributed by atoms with van der Waals surface area (Å²) >= 11 is 0. The van der Waals surface area contributed by atoms with Gasteiger partial charge in [0.2, 0.25) is 0 Å². The van der Waals surface area contributed by atoms with Gasteiger partial charge < -0.3 is 9.30 Å². The highest BCUT2D eigenvalue weighted by molar-refractivity contribution is 5.87. The van der Waals surface area contributed by atoms with Crippen LogP contribution in [0.5, 0.6) is 5.75 Å². The largest absolute Gasteiger partial charge is 0.497 e. The molecule has 32 heavy (non-hydrogen) atoms. The van der Waals surface area contributed by atoms with Crippen LogP contribution in [0.15, 0.2) is 103 Å². The molecule has 0 atom stereocenters. The van der Waals surface area contributed by atoms with Crippen LogP contribution in [0.25, 0.3) is 39.0 Å². The van der Waals surface area contributed by atoms with Crippen LogP contribution in [0.1, 0.15) is 0 Å². The first kappa shape index (κ1) is 19.6. The number of fused-ring (bicyclic) bond motifs is 1. The molecule has 0 spiro atoms. The Morgan fingerprint density at radius 2 is 1.34 bits per heavy atom. The number of nitro groups is 1. The summed E-state index contributed by atoms with van der Waals surface area (Å²) in [7, 11) is 1.65. The molecule has 1 heterocycles. The van der Waals surface area contributed by atoms with E-state index in [1.807, 2.05) is 36.4 Å². The van der Waals surface area contributed by atoms with Crippen molar-refractivity contribution in [3.8, 4) is 34.0 Å². The van der Waals surface area contributed by atoms with Crippen molar-refractivity contribution in [2.45, 2.75) is 0 Å². The molecular weight excluding hydrogens is 400 g/mol. The van der Waals surface area contributed by atoms with E-state index in [0.29, 0.717) is 0 Å². The highest BCUT2D eigenvalue weighted by Gasteiger charge is 2.15. The summed E-state index contributed by atoms with van der Waals surface area (Å²) in [5.41, 5.74) is 5.03. The van der Waals surface area contributed by atoms with Crippen LogP contribution >= 0.6 is 0 Å². The average molecular weight is 420 g/mol. The van der Waals surface area contributed by atoms with E-state index in [0.717, 1.165) is 34.0 Å². The number of ether oxygens (including phenoxy) is 1. The second kappa shape index (κ2) is 8.04. The molecule has 0 saturated carbocycles. The molecule has 0 unspecified atom stereocenters. The number of rotatable bonds is 5. The molecule has 0 N–H and O–H groups in total. The first-order chi connectivity index (χ1) is 15.6. The highest BCUT2D eigenvalue weighted by atomic mass is 16.6. The Morgan fingerprint density at radius 1 is 0.719 bits per heavy atom. The minimum atomic E-state index is -0.382. The molecule has 5 aromatic rings. The summed E-state index contributed by atoms with van der Waals surface area (Å²) in [6.45, 7) is 0. The van der Waals surface area contributed by atoms with Gasteiger partial charge in [-0.05, 0) is 76.5 Å². The SMILES string of the molecule is COc1ccc(-n2c(-c3ccc([N+](=O)[O-])cc3)ccc2-c2ccc3ccccc3c2)cc1. The lowest BCUT2D eigenvalue weighted by atomic mass is 10.0. The van der Waals surface area contributed by atoms with Crippen molar-refractivity contribution in [2.24, 2.45) is 0 Å². The Hall–Kier alpha value is -4.38. The summed E-state index contributed by atoms with van der Waals surface area (Å²) in [5, 5.41) is 13.4. The van der Waals surface area contributed by atoms with Gasteiger partial charge in [-0.2, -0.15) is 0 Å². The molecule has 0 aliphatic rings. The lowest BCUT2D eigenvalue weighted by Gasteiger charge is -2.15. The van der Waals surface area contributed by atoms with E-state index >= 15 is 0 Å². The number of non-ortho nitro benzene ring substituents is 1. The third-order valence-corrected chi connectivity index (χ3v) is 5.63. The summed E-state index contributed by atoms with van der Waals surface area (Å²) in [6.07, 6.45) is 0. The van der Waals surface area contributed by atoms with Gasteiger partial charge in [0.15, 0.2) is 0 Å². The average Bonchev–Trinajstić information content (AvgIpc) is 3.29. The van der Waals surface area contributed by atoms with Gasteiger partial charge in [0.1, 0.15) is 5.75 Å². The number of benzene rings is 4. The maximum atomic E-state index is 11.1. The molecule has 0 bridgehead atoms. The number of methoxy groups -OCH3 is 1. The topological polar surface area (TPSA) is 57.3 Å². The second-order valence-electron chi connectivity index (χ2n) is 7.50. The van der Waals surface area contributed by atoms with E-state index in [1.165, 1.54) is 22.9 Å². The highest BCUT2D eigenvalue weighted by Crippen LogP contribution is 2.34. The van der Waals surface area contributed by atoms with Gasteiger partial charge in [0, 0.05) is 17.8 Å². The van der Waals surface area contributed by atoms with E-state index in [1.54, 1.807) is 19.2 Å². The van der Waals surface area contributed by atoms with Gasteiger partial charge in [-0.3, -0.25) is 10.1 Å². The number of nitrogens with zero attached hydrogens (tertiary/aromatic N) is 2. The van der Waals surface area contributed by atoms with Crippen LogP contribution in [0, 0.1) is 10.1 Å². The lowest BCUT2D eigenvalue weighted by molar-refractivity contribution is -0.384. The molecular formula is C27H20N2O3. The number of nitro benzene ring substituents is 1. The molecule has 0 amide bonds. The second-order valence-corrected chi connectivity index (χ2v) is 7.50. The Morgan fingerprint density at radius 3 is 2.00 bits per heavy atom. The minimum Gasteiger partial charge on any atom is -0.497 e. The third kappa shape index (κ3) is 3.50. The smallest absolute Gasteiger partial charge is 0.269 e. The van der Waals surface area contributed by atoms with Gasteiger partial charge in [0.25, 0.3) is 5.69 Å². The predicted octanol–water partition coefficient (Wildman–Crippen LogP) is 6.88. The van der Waals surface area contributed by atoms with E-state index in [-0.39, 0.29) is 10.6 Å². The zero-order valence-corrected chi connectivity index (χ0v) is 17.4. The van der Waals surface area contributed by atoms with Crippen molar-refractivity contribution in [3.63, 3.8) is 0 Å². The van der Waals surface area contributed by atoms with Crippen LogP contribution in [-0.4, -0.2) is 16.6 Å². The monoisotopic (exact) mass is 420 g/mol. The molecule has 0 aliphatic heterocycles. The Kier molecular flexibility index (Phi) is 4.92. The minimum absolute atomic E-state index is 0.0751. The van der Waals surface area contributed by atoms with Crippen LogP contribution in [-0.2, 0) is 0 Å². The molecule has 4 aromatic carbocycles. The van der Waals surface area contributed by atoms with E-state index in [2.05, 4.69) is 47.0 Å². The normalized spacial score (nSPS) is 10.9. The molecule has 0 fully saturated rings. The zero-order valence-electron chi connectivity index (χ0n) is 17.4. The molecule has 0 aliphatic carbocycles. The fourth-order valence-corrected chi connectivity index (χ4v) is 4.00. The van der Waals surface area contributed by atoms with E-state index < -0.39 is 0 Å². The van der Waals surface area contributed by atoms with Gasteiger partial charge in [-0.25, -0.2) is 0 Å². The first-order valence-electron chi connectivity index (χ1n) is 10.2. The van der Waals surface area contributed by atoms with Crippen molar-refractivity contribution in [3.05, 3.63) is 113 Å². The maximum absolute atomic E-state index is 11.1. The van der Waals surface area contributed by atoms with Crippen molar-refractivity contribution in [1.29, 1.82) is 0 Å². The molecule has 0 radical (unpaired) electrons. The molecule has 5 rings (SSSR count). The van der Waals surface area contributed by atoms with Gasteiger partial charge >= 0.3 is 0 Å². The Bertz CT molecular complexity index is 1420. The molecule has 5 nitrogen and oxygen atoms in total. The Balaban J connectivity index is 1.70. The van der Waals surface area contributed by atoms with Gasteiger partial charge in [0.05, 0.1) is 23.4 Å². The van der Waals surface area contributed by atoms with Crippen molar-refractivity contribution < 1.29 is 9.66 Å². The summed E-state index contributed by atoms with van der Waals surface area (Å²) in [4.78, 5) is 10.7. The van der Waals surface area contributed by atoms with Gasteiger partial charge in [-0.1, -0.05) is 36.4 Å². The van der Waals surface area contributed by atoms with Crippen LogP contribution < -0.4 is 4.74 Å². The van der Waals surface area contributed by atoms with E-state index in [9.17, 15) is 10.1 Å². The third-order valence-electron chi connectivity index (χ3n) is 5.63. The molecule has 0 saturated heterocycles. The van der Waals surface area contributed by atoms with Crippen LogP contribution in [0.3, 0.4) is 0 Å². The lowest BCUT2D eigenvalue weighted by Crippen LogP contribution is -2.00. The van der Waals surface area contributed by atoms with Crippen molar-refractivity contribution in [2.75, 3.05) is 7.11 Å². The van der Waals surface area contributed by atoms with Gasteiger partial charge in [-0.15, -0.1) is 0 Å². The standard InChI is InChI=1S/C27H20N2O3/c1-32-25-14-12-23(13-15-25)28-26(20-8-10-24(11-9-20)29(30)31)16-17-27(28)22-7-6-19-4-2-3-5-21(19)18-22/h2-18H,1H3. The molecule has 156 valence electrons. The van der Waals surface area contributed by atoms with Crippen LogP contribution in [0.4, 0.5) is 5.69 Å². The Labute approximate surface area is 185 Å². The predicted molar refractivity (Wildman–Crippen MR) is 127 cm³/mol. The summed E-state index contributed by atoms with van der Waals surface area (Å²) < 4.78 is 7.50. The molecule has 1 aromatic heterocycles.